The minimum Gasteiger partial charge on any atom is -0.470 e. The van der Waals surface area contributed by atoms with Gasteiger partial charge in [0, 0.05) is 0 Å². The molecule has 0 amide bonds. The highest BCUT2D eigenvalue weighted by Crippen LogP contribution is 2.26. The first-order valence-corrected chi connectivity index (χ1v) is 4.21. The number of hydrogen-bond acceptors (Lipinski definition) is 4. The maximum absolute atomic E-state index is 10.3. The number of ether oxygens (including phenoxy) is 1. The van der Waals surface area contributed by atoms with Crippen molar-refractivity contribution in [2.75, 3.05) is 6.61 Å². The fourth-order valence-corrected chi connectivity index (χ4v) is 1.52. The Morgan fingerprint density at radius 1 is 1.82 bits per heavy atom. The molecule has 1 rings (SSSR count). The topological polar surface area (TPSA) is 39.2 Å². The summed E-state index contributed by atoms with van der Waals surface area (Å²) in [6.07, 6.45) is 0.669. The Labute approximate surface area is 73.0 Å². The first-order chi connectivity index (χ1) is 5.27. The molecule has 0 aromatic carbocycles. The Kier molecular flexibility index (Phi) is 2.84. The number of rotatable bonds is 3. The second-order valence-electron chi connectivity index (χ2n) is 1.69. The van der Waals surface area contributed by atoms with Crippen molar-refractivity contribution in [1.29, 1.82) is 0 Å². The number of halogens is 1. The summed E-state index contributed by atoms with van der Waals surface area (Å²) in [4.78, 5) is 14.5. The first-order valence-electron chi connectivity index (χ1n) is 3.02. The number of nitrogens with zero attached hydrogens (tertiary/aromatic N) is 1. The zero-order valence-corrected chi connectivity index (χ0v) is 7.41. The van der Waals surface area contributed by atoms with Crippen LogP contribution < -0.4 is 4.74 Å². The van der Waals surface area contributed by atoms with Crippen molar-refractivity contribution in [3.63, 3.8) is 0 Å². The van der Waals surface area contributed by atoms with Gasteiger partial charge in [-0.3, -0.25) is 4.79 Å². The fourth-order valence-electron chi connectivity index (χ4n) is 0.552. The predicted octanol–water partition coefficient (Wildman–Crippen LogP) is 2.01. The molecule has 0 unspecified atom stereocenters. The number of hydrogen-bond donors (Lipinski definition) is 0. The van der Waals surface area contributed by atoms with E-state index in [2.05, 4.69) is 4.98 Å². The molecular weight excluding hydrogens is 186 g/mol. The normalized spacial score (nSPS) is 9.64. The van der Waals surface area contributed by atoms with E-state index in [1.165, 1.54) is 0 Å². The van der Waals surface area contributed by atoms with Gasteiger partial charge >= 0.3 is 0 Å². The molecule has 5 heteroatoms. The summed E-state index contributed by atoms with van der Waals surface area (Å²) in [6.45, 7) is 2.37. The van der Waals surface area contributed by atoms with E-state index in [-0.39, 0.29) is 5.15 Å². The number of aromatic nitrogens is 1. The van der Waals surface area contributed by atoms with Crippen LogP contribution in [-0.2, 0) is 0 Å². The Morgan fingerprint density at radius 3 is 3.00 bits per heavy atom. The van der Waals surface area contributed by atoms with Crippen molar-refractivity contribution < 1.29 is 9.53 Å². The van der Waals surface area contributed by atoms with Crippen molar-refractivity contribution in [3.05, 3.63) is 10.0 Å². The molecule has 0 N–H and O–H groups in total. The zero-order chi connectivity index (χ0) is 8.27. The second kappa shape index (κ2) is 3.69. The molecule has 1 heterocycles. The van der Waals surface area contributed by atoms with Gasteiger partial charge in [-0.1, -0.05) is 22.9 Å². The second-order valence-corrected chi connectivity index (χ2v) is 3.04. The quantitative estimate of drug-likeness (QED) is 0.687. The van der Waals surface area contributed by atoms with Crippen LogP contribution in [0.1, 0.15) is 16.6 Å². The monoisotopic (exact) mass is 191 g/mol. The summed E-state index contributed by atoms with van der Waals surface area (Å²) in [5.74, 6) is 0. The van der Waals surface area contributed by atoms with Crippen molar-refractivity contribution in [1.82, 2.24) is 4.98 Å². The largest absolute Gasteiger partial charge is 0.470 e. The molecule has 0 radical (unpaired) electrons. The number of carbonyl (C=O) groups is 1. The van der Waals surface area contributed by atoms with Crippen molar-refractivity contribution in [2.45, 2.75) is 6.92 Å². The Morgan fingerprint density at radius 2 is 2.55 bits per heavy atom. The van der Waals surface area contributed by atoms with Gasteiger partial charge in [0.05, 0.1) is 6.61 Å². The highest BCUT2D eigenvalue weighted by molar-refractivity contribution is 7.15. The van der Waals surface area contributed by atoms with Crippen LogP contribution in [0.2, 0.25) is 5.15 Å². The summed E-state index contributed by atoms with van der Waals surface area (Å²) in [5.41, 5.74) is 0. The van der Waals surface area contributed by atoms with E-state index in [1.807, 2.05) is 6.92 Å². The highest BCUT2D eigenvalue weighted by Gasteiger charge is 2.07. The van der Waals surface area contributed by atoms with Gasteiger partial charge in [0.1, 0.15) is 4.88 Å². The lowest BCUT2D eigenvalue weighted by Gasteiger charge is -1.92. The van der Waals surface area contributed by atoms with E-state index in [1.54, 1.807) is 0 Å². The predicted molar refractivity (Wildman–Crippen MR) is 43.7 cm³/mol. The average Bonchev–Trinajstić information content (AvgIpc) is 2.32. The van der Waals surface area contributed by atoms with Gasteiger partial charge < -0.3 is 4.74 Å². The number of aldehydes is 1. The molecule has 0 aliphatic rings. The molecule has 0 bridgehead atoms. The molecule has 0 aliphatic carbocycles. The molecule has 0 saturated carbocycles. The Bertz CT molecular complexity index is 261. The van der Waals surface area contributed by atoms with Crippen LogP contribution in [0.3, 0.4) is 0 Å². The summed E-state index contributed by atoms with van der Waals surface area (Å²) in [6, 6.07) is 0. The van der Waals surface area contributed by atoms with Gasteiger partial charge in [0.25, 0.3) is 5.19 Å². The van der Waals surface area contributed by atoms with Crippen LogP contribution in [0.15, 0.2) is 0 Å². The third-order valence-electron chi connectivity index (χ3n) is 0.965. The summed E-state index contributed by atoms with van der Waals surface area (Å²) < 4.78 is 5.03. The van der Waals surface area contributed by atoms with Gasteiger partial charge in [0.15, 0.2) is 11.4 Å². The van der Waals surface area contributed by atoms with Gasteiger partial charge in [0.2, 0.25) is 0 Å². The lowest BCUT2D eigenvalue weighted by atomic mass is 10.6. The molecule has 0 saturated heterocycles. The summed E-state index contributed by atoms with van der Waals surface area (Å²) in [5, 5.41) is 0.660. The molecule has 60 valence electrons. The van der Waals surface area contributed by atoms with Crippen molar-refractivity contribution in [3.8, 4) is 5.19 Å². The molecule has 1 aromatic heterocycles. The van der Waals surface area contributed by atoms with Gasteiger partial charge in [-0.2, -0.15) is 4.98 Å². The van der Waals surface area contributed by atoms with E-state index >= 15 is 0 Å². The maximum Gasteiger partial charge on any atom is 0.275 e. The first kappa shape index (κ1) is 8.49. The maximum atomic E-state index is 10.3. The minimum atomic E-state index is 0.216. The van der Waals surface area contributed by atoms with Crippen LogP contribution in [0, 0.1) is 0 Å². The standard InChI is InChI=1S/C6H6ClNO2S/c1-2-10-6-8-5(7)4(3-9)11-6/h3H,2H2,1H3. The van der Waals surface area contributed by atoms with Crippen molar-refractivity contribution in [2.24, 2.45) is 0 Å². The lowest BCUT2D eigenvalue weighted by molar-refractivity contribution is 0.112. The van der Waals surface area contributed by atoms with E-state index in [0.29, 0.717) is 23.0 Å². The fraction of sp³-hybridized carbons (Fsp3) is 0.333. The Hall–Kier alpha value is -0.610. The van der Waals surface area contributed by atoms with Gasteiger partial charge in [-0.25, -0.2) is 0 Å². The summed E-state index contributed by atoms with van der Waals surface area (Å²) in [7, 11) is 0. The van der Waals surface area contributed by atoms with Crippen molar-refractivity contribution >= 4 is 29.2 Å². The molecule has 11 heavy (non-hydrogen) atoms. The van der Waals surface area contributed by atoms with Crippen LogP contribution >= 0.6 is 22.9 Å². The van der Waals surface area contributed by atoms with Crippen LogP contribution in [0.5, 0.6) is 5.19 Å². The molecular formula is C6H6ClNO2S. The third-order valence-corrected chi connectivity index (χ3v) is 2.26. The molecule has 0 atom stereocenters. The zero-order valence-electron chi connectivity index (χ0n) is 5.83. The molecule has 0 fully saturated rings. The van der Waals surface area contributed by atoms with Crippen LogP contribution in [-0.4, -0.2) is 17.9 Å². The molecule has 0 aliphatic heterocycles. The number of thiazole rings is 1. The summed E-state index contributed by atoms with van der Waals surface area (Å²) >= 11 is 6.72. The SMILES string of the molecule is CCOc1nc(Cl)c(C=O)s1. The van der Waals surface area contributed by atoms with E-state index in [9.17, 15) is 4.79 Å². The smallest absolute Gasteiger partial charge is 0.275 e. The lowest BCUT2D eigenvalue weighted by Crippen LogP contribution is -1.88. The van der Waals surface area contributed by atoms with E-state index in [0.717, 1.165) is 11.3 Å². The highest BCUT2D eigenvalue weighted by atomic mass is 35.5. The van der Waals surface area contributed by atoms with Crippen LogP contribution in [0.25, 0.3) is 0 Å². The minimum absolute atomic E-state index is 0.216. The molecule has 0 spiro atoms. The van der Waals surface area contributed by atoms with E-state index < -0.39 is 0 Å². The third kappa shape index (κ3) is 1.91. The molecule has 1 aromatic rings. The van der Waals surface area contributed by atoms with Gasteiger partial charge in [-0.15, -0.1) is 0 Å². The van der Waals surface area contributed by atoms with Gasteiger partial charge in [-0.05, 0) is 6.92 Å². The average molecular weight is 192 g/mol. The molecule has 3 nitrogen and oxygen atoms in total. The van der Waals surface area contributed by atoms with E-state index in [4.69, 9.17) is 16.3 Å². The number of carbonyl (C=O) groups excluding carboxylic acids is 1. The van der Waals surface area contributed by atoms with Crippen LogP contribution in [0.4, 0.5) is 0 Å². The Balaban J connectivity index is 2.86.